The summed E-state index contributed by atoms with van der Waals surface area (Å²) < 4.78 is 4.98. The normalized spacial score (nSPS) is 19.7. The van der Waals surface area contributed by atoms with Crippen LogP contribution in [-0.2, 0) is 14.3 Å². The SMILES string of the molecule is CCOC(=O)N1CCN(C(=O)C2=NN(c3ccccc3)[C@H](C(N)=O)C2)CC1. The molecule has 2 aliphatic heterocycles. The average molecular weight is 373 g/mol. The maximum Gasteiger partial charge on any atom is 0.409 e. The van der Waals surface area contributed by atoms with E-state index in [9.17, 15) is 14.4 Å². The number of carbonyl (C=O) groups is 3. The summed E-state index contributed by atoms with van der Waals surface area (Å²) in [7, 11) is 0. The molecular formula is C18H23N5O4. The number of para-hydroxylation sites is 1. The molecule has 9 nitrogen and oxygen atoms in total. The fourth-order valence-electron chi connectivity index (χ4n) is 3.17. The van der Waals surface area contributed by atoms with Gasteiger partial charge in [-0.25, -0.2) is 4.79 Å². The Hall–Kier alpha value is -3.10. The molecule has 1 atom stereocenters. The molecule has 27 heavy (non-hydrogen) atoms. The van der Waals surface area contributed by atoms with E-state index in [2.05, 4.69) is 5.10 Å². The second-order valence-corrected chi connectivity index (χ2v) is 6.33. The molecule has 2 N–H and O–H groups in total. The number of ether oxygens (including phenoxy) is 1. The number of rotatable bonds is 4. The van der Waals surface area contributed by atoms with Crippen LogP contribution in [0.25, 0.3) is 0 Å². The highest BCUT2D eigenvalue weighted by molar-refractivity contribution is 6.40. The number of nitrogens with two attached hydrogens (primary N) is 1. The molecule has 1 aromatic carbocycles. The summed E-state index contributed by atoms with van der Waals surface area (Å²) >= 11 is 0. The summed E-state index contributed by atoms with van der Waals surface area (Å²) in [5.41, 5.74) is 6.51. The third-order valence-corrected chi connectivity index (χ3v) is 4.60. The van der Waals surface area contributed by atoms with Gasteiger partial charge in [0.25, 0.3) is 5.91 Å². The molecule has 2 heterocycles. The number of hydrazone groups is 1. The van der Waals surface area contributed by atoms with Gasteiger partial charge >= 0.3 is 6.09 Å². The summed E-state index contributed by atoms with van der Waals surface area (Å²) in [5, 5.41) is 5.88. The van der Waals surface area contributed by atoms with E-state index in [4.69, 9.17) is 10.5 Å². The average Bonchev–Trinajstić information content (AvgIpc) is 3.14. The first-order valence-corrected chi connectivity index (χ1v) is 8.93. The zero-order valence-corrected chi connectivity index (χ0v) is 15.2. The largest absolute Gasteiger partial charge is 0.450 e. The molecule has 0 aromatic heterocycles. The maximum atomic E-state index is 12.8. The molecule has 3 amide bonds. The lowest BCUT2D eigenvalue weighted by Gasteiger charge is -2.33. The predicted molar refractivity (Wildman–Crippen MR) is 99.1 cm³/mol. The second-order valence-electron chi connectivity index (χ2n) is 6.33. The van der Waals surface area contributed by atoms with E-state index >= 15 is 0 Å². The maximum absolute atomic E-state index is 12.8. The highest BCUT2D eigenvalue weighted by Gasteiger charge is 2.37. The van der Waals surface area contributed by atoms with Crippen molar-refractivity contribution in [3.63, 3.8) is 0 Å². The van der Waals surface area contributed by atoms with E-state index in [-0.39, 0.29) is 18.4 Å². The van der Waals surface area contributed by atoms with Crippen LogP contribution in [0.1, 0.15) is 13.3 Å². The van der Waals surface area contributed by atoms with Crippen molar-refractivity contribution in [2.45, 2.75) is 19.4 Å². The molecule has 0 radical (unpaired) electrons. The van der Waals surface area contributed by atoms with Crippen molar-refractivity contribution in [3.8, 4) is 0 Å². The number of benzene rings is 1. The number of amides is 3. The Morgan fingerprint density at radius 2 is 1.74 bits per heavy atom. The first-order chi connectivity index (χ1) is 13.0. The summed E-state index contributed by atoms with van der Waals surface area (Å²) in [4.78, 5) is 39.6. The third kappa shape index (κ3) is 4.02. The van der Waals surface area contributed by atoms with E-state index in [1.54, 1.807) is 16.7 Å². The molecule has 0 aliphatic carbocycles. The minimum absolute atomic E-state index is 0.168. The van der Waals surface area contributed by atoms with E-state index < -0.39 is 11.9 Å². The lowest BCUT2D eigenvalue weighted by atomic mass is 10.1. The van der Waals surface area contributed by atoms with Crippen LogP contribution in [0, 0.1) is 0 Å². The molecule has 1 aromatic rings. The molecule has 0 bridgehead atoms. The zero-order valence-electron chi connectivity index (χ0n) is 15.2. The lowest BCUT2D eigenvalue weighted by Crippen LogP contribution is -2.52. The highest BCUT2D eigenvalue weighted by atomic mass is 16.6. The van der Waals surface area contributed by atoms with Gasteiger partial charge in [0.05, 0.1) is 12.3 Å². The van der Waals surface area contributed by atoms with Gasteiger partial charge in [-0.15, -0.1) is 0 Å². The third-order valence-electron chi connectivity index (χ3n) is 4.60. The fourth-order valence-corrected chi connectivity index (χ4v) is 3.17. The molecule has 3 rings (SSSR count). The number of hydrogen-bond acceptors (Lipinski definition) is 6. The topological polar surface area (TPSA) is 109 Å². The molecular weight excluding hydrogens is 350 g/mol. The van der Waals surface area contributed by atoms with Gasteiger partial charge in [0.15, 0.2) is 0 Å². The molecule has 0 unspecified atom stereocenters. The molecule has 0 saturated carbocycles. The Morgan fingerprint density at radius 3 is 2.33 bits per heavy atom. The van der Waals surface area contributed by atoms with Crippen LogP contribution in [0.15, 0.2) is 35.4 Å². The van der Waals surface area contributed by atoms with Gasteiger partial charge < -0.3 is 20.3 Å². The van der Waals surface area contributed by atoms with Crippen molar-refractivity contribution >= 4 is 29.3 Å². The van der Waals surface area contributed by atoms with Crippen LogP contribution in [0.3, 0.4) is 0 Å². The van der Waals surface area contributed by atoms with Gasteiger partial charge in [-0.05, 0) is 19.1 Å². The monoisotopic (exact) mass is 373 g/mol. The minimum Gasteiger partial charge on any atom is -0.450 e. The number of piperazine rings is 1. The van der Waals surface area contributed by atoms with Gasteiger partial charge in [-0.3, -0.25) is 14.6 Å². The Labute approximate surface area is 157 Å². The zero-order chi connectivity index (χ0) is 19.4. The fraction of sp³-hybridized carbons (Fsp3) is 0.444. The summed E-state index contributed by atoms with van der Waals surface area (Å²) in [6, 6.07) is 8.45. The minimum atomic E-state index is -0.688. The Bertz CT molecular complexity index is 743. The van der Waals surface area contributed by atoms with Crippen LogP contribution in [0.5, 0.6) is 0 Å². The van der Waals surface area contributed by atoms with Crippen LogP contribution in [0.2, 0.25) is 0 Å². The van der Waals surface area contributed by atoms with Crippen molar-refractivity contribution in [3.05, 3.63) is 30.3 Å². The number of primary amides is 1. The second kappa shape index (κ2) is 8.07. The Morgan fingerprint density at radius 1 is 1.11 bits per heavy atom. The number of hydrogen-bond donors (Lipinski definition) is 1. The molecule has 1 fully saturated rings. The van der Waals surface area contributed by atoms with Crippen LogP contribution >= 0.6 is 0 Å². The van der Waals surface area contributed by atoms with Crippen molar-refractivity contribution in [1.82, 2.24) is 9.80 Å². The first-order valence-electron chi connectivity index (χ1n) is 8.93. The molecule has 144 valence electrons. The summed E-state index contributed by atoms with van der Waals surface area (Å²) in [5.74, 6) is -0.763. The smallest absolute Gasteiger partial charge is 0.409 e. The van der Waals surface area contributed by atoms with Crippen molar-refractivity contribution in [2.24, 2.45) is 10.8 Å². The Kier molecular flexibility index (Phi) is 5.58. The van der Waals surface area contributed by atoms with E-state index in [0.29, 0.717) is 44.2 Å². The van der Waals surface area contributed by atoms with Crippen LogP contribution in [-0.4, -0.2) is 72.2 Å². The van der Waals surface area contributed by atoms with Crippen molar-refractivity contribution in [1.29, 1.82) is 0 Å². The first kappa shape index (κ1) is 18.7. The van der Waals surface area contributed by atoms with Gasteiger partial charge in [0.1, 0.15) is 11.8 Å². The van der Waals surface area contributed by atoms with E-state index in [1.807, 2.05) is 30.3 Å². The van der Waals surface area contributed by atoms with Crippen LogP contribution in [0.4, 0.5) is 10.5 Å². The quantitative estimate of drug-likeness (QED) is 0.822. The van der Waals surface area contributed by atoms with E-state index in [1.165, 1.54) is 5.01 Å². The summed E-state index contributed by atoms with van der Waals surface area (Å²) in [6.45, 7) is 3.66. The van der Waals surface area contributed by atoms with Crippen LogP contribution < -0.4 is 10.7 Å². The molecule has 2 aliphatic rings. The highest BCUT2D eigenvalue weighted by Crippen LogP contribution is 2.25. The number of nitrogens with zero attached hydrogens (tertiary/aromatic N) is 4. The molecule has 9 heteroatoms. The van der Waals surface area contributed by atoms with Gasteiger partial charge in [-0.1, -0.05) is 18.2 Å². The molecule has 1 saturated heterocycles. The number of carbonyl (C=O) groups excluding carboxylic acids is 3. The molecule has 0 spiro atoms. The number of anilines is 1. The van der Waals surface area contributed by atoms with Gasteiger partial charge in [-0.2, -0.15) is 5.10 Å². The standard InChI is InChI=1S/C18H23N5O4/c1-2-27-18(26)22-10-8-21(9-11-22)17(25)14-12-15(16(19)24)23(20-14)13-6-4-3-5-7-13/h3-7,15H,2,8-12H2,1H3,(H2,19,24)/t15-/m0/s1. The summed E-state index contributed by atoms with van der Waals surface area (Å²) in [6.07, 6.45) is -0.201. The van der Waals surface area contributed by atoms with Crippen molar-refractivity contribution < 1.29 is 19.1 Å². The lowest BCUT2D eigenvalue weighted by molar-refractivity contribution is -0.125. The van der Waals surface area contributed by atoms with Gasteiger partial charge in [0.2, 0.25) is 5.91 Å². The Balaban J connectivity index is 1.68. The predicted octanol–water partition coefficient (Wildman–Crippen LogP) is 0.407. The van der Waals surface area contributed by atoms with Gasteiger partial charge in [0, 0.05) is 32.6 Å². The van der Waals surface area contributed by atoms with Crippen molar-refractivity contribution in [2.75, 3.05) is 37.8 Å². The van der Waals surface area contributed by atoms with E-state index in [0.717, 1.165) is 0 Å².